The average Bonchev–Trinajstić information content (AvgIpc) is 1.55. The van der Waals surface area contributed by atoms with Gasteiger partial charge in [-0.15, -0.1) is 0 Å². The molecule has 3 aliphatic heterocycles. The molecule has 0 saturated carbocycles. The lowest BCUT2D eigenvalue weighted by molar-refractivity contribution is -0.135. The summed E-state index contributed by atoms with van der Waals surface area (Å²) >= 11 is 0. The van der Waals surface area contributed by atoms with Crippen molar-refractivity contribution in [2.24, 2.45) is 0 Å². The van der Waals surface area contributed by atoms with E-state index in [1.165, 1.54) is 72.3 Å². The first kappa shape index (κ1) is 102. The van der Waals surface area contributed by atoms with Crippen molar-refractivity contribution in [3.63, 3.8) is 0 Å². The number of hydrogen-bond acceptors (Lipinski definition) is 13. The number of benzene rings is 10. The molecular weight excluding hydrogens is 1770 g/mol. The van der Waals surface area contributed by atoms with Crippen molar-refractivity contribution >= 4 is 36.0 Å². The highest BCUT2D eigenvalue weighted by Crippen LogP contribution is 2.62. The summed E-state index contributed by atoms with van der Waals surface area (Å²) in [5.74, 6) is -0.270. The molecule has 17 rings (SSSR count). The van der Waals surface area contributed by atoms with Crippen LogP contribution in [0.4, 0.5) is 14.4 Å². The first-order chi connectivity index (χ1) is 68.4. The highest BCUT2D eigenvalue weighted by atomic mass is 16.7. The molecule has 0 bridgehead atoms. The minimum absolute atomic E-state index is 0.0755. The molecule has 19 heteroatoms. The largest absolute Gasteiger partial charge is 0.444 e. The van der Waals surface area contributed by atoms with Gasteiger partial charge in [0.05, 0.1) is 6.61 Å². The molecule has 3 N–H and O–H groups in total. The zero-order valence-corrected chi connectivity index (χ0v) is 86.6. The molecule has 3 spiro atoms. The van der Waals surface area contributed by atoms with Crippen molar-refractivity contribution in [1.29, 1.82) is 0 Å². The van der Waals surface area contributed by atoms with Crippen LogP contribution in [0.3, 0.4) is 0 Å². The summed E-state index contributed by atoms with van der Waals surface area (Å²) in [6, 6.07) is 73.4. The Hall–Kier alpha value is -11.7. The lowest BCUT2D eigenvalue weighted by Crippen LogP contribution is -2.53. The van der Waals surface area contributed by atoms with Crippen molar-refractivity contribution in [2.45, 2.75) is 288 Å². The first-order valence-electron chi connectivity index (χ1n) is 52.6. The number of ether oxygens (including phenoxy) is 7. The Morgan fingerprint density at radius 2 is 0.599 bits per heavy atom. The summed E-state index contributed by atoms with van der Waals surface area (Å²) in [7, 11) is 5.26. The van der Waals surface area contributed by atoms with Gasteiger partial charge in [-0.2, -0.15) is 0 Å². The molecule has 3 unspecified atom stereocenters. The number of amides is 6. The number of rotatable bonds is 35. The van der Waals surface area contributed by atoms with Gasteiger partial charge in [-0.05, 0) is 351 Å². The summed E-state index contributed by atoms with van der Waals surface area (Å²) in [5, 5.41) is 9.12. The summed E-state index contributed by atoms with van der Waals surface area (Å²) in [5.41, 5.74) is 27.4. The SMILES string of the molecule is CCCCCC(NC(=O)OC(C)(C)C)C(=O)N1CCC2(CC1)c1cc(-c3ccccc3)ccc1-c1ccc(-c3ccc4c(c3)C3(CCN(C(=O)C(CCCCC)NC(=O)OC(C)(C)C)CC3)c3cc(-c5ccc6c(c5)C5(CCN(C(=O)C(CCCCC)NC(=O)OC(C)(C)C)CC5)c5cc(-c7cc(COCOC)c8c(c7)C(CCCOC)(CCCOC)c7cc(-c9ccccc9)ccc7-8)ccc5-6)ccc3-4)cc12. The van der Waals surface area contributed by atoms with E-state index in [0.717, 1.165) is 161 Å². The molecule has 0 aromatic heterocycles. The Bertz CT molecular complexity index is 6240. The van der Waals surface area contributed by atoms with Crippen LogP contribution in [0.5, 0.6) is 0 Å². The lowest BCUT2D eigenvalue weighted by Gasteiger charge is -2.42. The Morgan fingerprint density at radius 1 is 0.317 bits per heavy atom. The molecule has 6 amide bonds. The zero-order valence-electron chi connectivity index (χ0n) is 86.6. The van der Waals surface area contributed by atoms with Crippen molar-refractivity contribution in [3.8, 4) is 100 Å². The van der Waals surface area contributed by atoms with Crippen molar-refractivity contribution in [3.05, 3.63) is 250 Å². The molecule has 3 heterocycles. The quantitative estimate of drug-likeness (QED) is 0.0192. The predicted octanol–water partition coefficient (Wildman–Crippen LogP) is 26.3. The molecule has 0 radical (unpaired) electrons. The second-order valence-corrected chi connectivity index (χ2v) is 43.9. The summed E-state index contributed by atoms with van der Waals surface area (Å²) in [6.45, 7) is 27.5. The first-order valence-corrected chi connectivity index (χ1v) is 52.6. The van der Waals surface area contributed by atoms with Gasteiger partial charge in [0.15, 0.2) is 0 Å². The van der Waals surface area contributed by atoms with Gasteiger partial charge < -0.3 is 63.8 Å². The molecule has 10 aromatic carbocycles. The standard InChI is InChI=1S/C123H148N6O13/c1-16-19-24-37-107(124-114(133)140-117(4,5)6)111(130)127-62-56-121(57-63-127)99-71-83(81-33-27-22-28-34-81)40-47-92(99)93-48-41-85(73-100(93)121)86-42-49-94-95-50-43-87(75-102(95)122(101(94)74-86)58-64-128(65-59-122)112(131)108(38-25-20-17-2)125-115(134)141-118(7,8)9)88-44-51-96-97-52-45-89(77-104(97)123(103(96)76-88)60-66-129(67-61-123)113(132)109(39-26-21-18-3)126-116(135)142-119(10,11)12)90-70-91(79-139-80-138-15)110-98-53-46-84(82-35-29-23-30-36-82)72-105(98)120(106(110)78-90,54-31-68-136-13)55-32-69-137-14/h22-23,27-30,33-36,40-53,70-78,107-109H,16-21,24-26,31-32,37-39,54-69,79-80H2,1-15H3,(H,124,133)(H,125,134)(H,126,135). The smallest absolute Gasteiger partial charge is 0.408 e. The van der Waals surface area contributed by atoms with Crippen LogP contribution in [0, 0.1) is 0 Å². The molecule has 3 saturated heterocycles. The molecular formula is C123H148N6O13. The van der Waals surface area contributed by atoms with Gasteiger partial charge in [-0.1, -0.05) is 224 Å². The number of fused-ring (bicyclic) bond motifs is 18. The van der Waals surface area contributed by atoms with Gasteiger partial charge in [0.1, 0.15) is 41.7 Å². The van der Waals surface area contributed by atoms with E-state index in [4.69, 9.17) is 33.2 Å². The molecule has 142 heavy (non-hydrogen) atoms. The Kier molecular flexibility index (Phi) is 30.8. The second kappa shape index (κ2) is 43.0. The number of hydrogen-bond donors (Lipinski definition) is 3. The van der Waals surface area contributed by atoms with E-state index in [9.17, 15) is 14.4 Å². The van der Waals surface area contributed by atoms with Crippen LogP contribution in [0.25, 0.3) is 100 Å². The van der Waals surface area contributed by atoms with Gasteiger partial charge >= 0.3 is 18.3 Å². The number of carbonyl (C=O) groups is 6. The highest BCUT2D eigenvalue weighted by Gasteiger charge is 2.53. The van der Waals surface area contributed by atoms with Gasteiger partial charge in [0.25, 0.3) is 0 Å². The lowest BCUT2D eigenvalue weighted by atomic mass is 9.69. The molecule has 748 valence electrons. The summed E-state index contributed by atoms with van der Waals surface area (Å²) in [4.78, 5) is 92.9. The maximum absolute atomic E-state index is 15.4. The van der Waals surface area contributed by atoms with E-state index in [0.29, 0.717) is 117 Å². The number of nitrogens with zero attached hydrogens (tertiary/aromatic N) is 3. The topological polar surface area (TPSA) is 213 Å². The molecule has 3 fully saturated rings. The van der Waals surface area contributed by atoms with E-state index in [1.807, 2.05) is 77.0 Å². The number of carbonyl (C=O) groups excluding carboxylic acids is 6. The summed E-state index contributed by atoms with van der Waals surface area (Å²) in [6.07, 6.45) is 15.0. The van der Waals surface area contributed by atoms with Crippen LogP contribution in [0.2, 0.25) is 0 Å². The number of nitrogens with one attached hydrogen (secondary N) is 3. The van der Waals surface area contributed by atoms with Gasteiger partial charge in [-0.25, -0.2) is 14.4 Å². The minimum Gasteiger partial charge on any atom is -0.444 e. The van der Waals surface area contributed by atoms with Crippen LogP contribution in [0.1, 0.15) is 274 Å². The third-order valence-corrected chi connectivity index (χ3v) is 31.2. The molecule has 10 aromatic rings. The van der Waals surface area contributed by atoms with E-state index in [1.54, 1.807) is 21.3 Å². The second-order valence-electron chi connectivity index (χ2n) is 43.9. The average molecular weight is 1920 g/mol. The van der Waals surface area contributed by atoms with E-state index in [-0.39, 0.29) is 24.5 Å². The van der Waals surface area contributed by atoms with Crippen LogP contribution >= 0.6 is 0 Å². The third kappa shape index (κ3) is 21.0. The monoisotopic (exact) mass is 1920 g/mol. The highest BCUT2D eigenvalue weighted by molar-refractivity contribution is 5.95. The third-order valence-electron chi connectivity index (χ3n) is 31.2. The van der Waals surface area contributed by atoms with Gasteiger partial charge in [-0.3, -0.25) is 14.4 Å². The van der Waals surface area contributed by atoms with Gasteiger partial charge in [0, 0.05) is 95.5 Å². The van der Waals surface area contributed by atoms with Crippen molar-refractivity contribution < 1.29 is 61.9 Å². The van der Waals surface area contributed by atoms with Crippen LogP contribution in [0.15, 0.2) is 200 Å². The van der Waals surface area contributed by atoms with Crippen LogP contribution < -0.4 is 16.0 Å². The van der Waals surface area contributed by atoms with E-state index in [2.05, 4.69) is 237 Å². The normalized spacial score (nSPS) is 16.5. The van der Waals surface area contributed by atoms with Crippen molar-refractivity contribution in [2.75, 3.05) is 80.6 Å². The fourth-order valence-electron chi connectivity index (χ4n) is 24.4. The Labute approximate surface area is 842 Å². The number of unbranched alkanes of at least 4 members (excludes halogenated alkanes) is 6. The minimum atomic E-state index is -0.765. The van der Waals surface area contributed by atoms with Crippen molar-refractivity contribution in [1.82, 2.24) is 30.7 Å². The van der Waals surface area contributed by atoms with Gasteiger partial charge in [0.2, 0.25) is 17.7 Å². The number of piperidine rings is 3. The number of methoxy groups -OCH3 is 3. The Morgan fingerprint density at radius 3 is 0.887 bits per heavy atom. The maximum atomic E-state index is 15.4. The van der Waals surface area contributed by atoms with Crippen LogP contribution in [-0.2, 0) is 75.8 Å². The van der Waals surface area contributed by atoms with E-state index < -0.39 is 74.9 Å². The van der Waals surface area contributed by atoms with E-state index >= 15 is 14.4 Å². The van der Waals surface area contributed by atoms with Crippen LogP contribution in [-0.4, -0.2) is 166 Å². The zero-order chi connectivity index (χ0) is 100. The maximum Gasteiger partial charge on any atom is 0.408 e. The number of alkyl carbamates (subject to hydrolysis) is 3. The Balaban J connectivity index is 0.770. The predicted molar refractivity (Wildman–Crippen MR) is 567 cm³/mol. The molecule has 3 atom stereocenters. The summed E-state index contributed by atoms with van der Waals surface area (Å²) < 4.78 is 41.4. The fourth-order valence-corrected chi connectivity index (χ4v) is 24.4. The molecule has 4 aliphatic carbocycles. The fraction of sp³-hybridized carbons (Fsp3) is 0.463. The molecule has 19 nitrogen and oxygen atoms in total. The molecule has 7 aliphatic rings. The number of likely N-dealkylation sites (tertiary alicyclic amines) is 3.